The molecular weight excluding hydrogens is 311 g/mol. The Bertz CT molecular complexity index is 816. The Balaban J connectivity index is 1.93. The fraction of sp³-hybridized carbons (Fsp3) is 0.385. The highest BCUT2D eigenvalue weighted by atomic mass is 32.2. The van der Waals surface area contributed by atoms with Gasteiger partial charge in [0.2, 0.25) is 5.88 Å². The van der Waals surface area contributed by atoms with E-state index < -0.39 is 15.8 Å². The van der Waals surface area contributed by atoms with Crippen LogP contribution in [0.4, 0.5) is 10.1 Å². The van der Waals surface area contributed by atoms with Crippen molar-refractivity contribution in [3.05, 3.63) is 30.5 Å². The Labute approximate surface area is 127 Å². The Hall–Kier alpha value is -2.16. The number of halogens is 1. The van der Waals surface area contributed by atoms with E-state index in [0.717, 1.165) is 12.3 Å². The van der Waals surface area contributed by atoms with Crippen LogP contribution >= 0.6 is 0 Å². The van der Waals surface area contributed by atoms with Gasteiger partial charge in [0.15, 0.2) is 4.90 Å². The van der Waals surface area contributed by atoms with Crippen molar-refractivity contribution in [1.29, 1.82) is 0 Å². The first-order valence-electron chi connectivity index (χ1n) is 6.59. The molecule has 0 amide bonds. The Morgan fingerprint density at radius 3 is 2.86 bits per heavy atom. The van der Waals surface area contributed by atoms with Gasteiger partial charge in [-0.1, -0.05) is 13.8 Å². The van der Waals surface area contributed by atoms with Crippen molar-refractivity contribution in [3.8, 4) is 5.88 Å². The average molecular weight is 326 g/mol. The largest absolute Gasteiger partial charge is 0.476 e. The smallest absolute Gasteiger partial charge is 0.268 e. The maximum Gasteiger partial charge on any atom is 0.268 e. The van der Waals surface area contributed by atoms with Crippen LogP contribution in [0.5, 0.6) is 5.88 Å². The van der Waals surface area contributed by atoms with Crippen LogP contribution in [0.15, 0.2) is 29.6 Å². The quantitative estimate of drug-likeness (QED) is 0.926. The number of fused-ring (bicyclic) bond motifs is 1. The third-order valence-corrected chi connectivity index (χ3v) is 4.55. The summed E-state index contributed by atoms with van der Waals surface area (Å²) in [4.78, 5) is 3.53. The number of hydrogen-bond acceptors (Lipinski definition) is 5. The molecule has 0 aromatic carbocycles. The van der Waals surface area contributed by atoms with Gasteiger partial charge < -0.3 is 4.74 Å². The fourth-order valence-electron chi connectivity index (χ4n) is 2.19. The lowest BCUT2D eigenvalue weighted by Gasteiger charge is -2.30. The topological polar surface area (TPSA) is 86.1 Å². The van der Waals surface area contributed by atoms with E-state index in [9.17, 15) is 12.8 Å². The Morgan fingerprint density at radius 2 is 2.14 bits per heavy atom. The molecule has 0 spiro atoms. The van der Waals surface area contributed by atoms with Crippen molar-refractivity contribution >= 4 is 15.7 Å². The van der Waals surface area contributed by atoms with Gasteiger partial charge >= 0.3 is 0 Å². The first-order valence-corrected chi connectivity index (χ1v) is 8.07. The van der Waals surface area contributed by atoms with E-state index in [-0.39, 0.29) is 21.9 Å². The molecule has 0 atom stereocenters. The van der Waals surface area contributed by atoms with Crippen molar-refractivity contribution < 1.29 is 17.5 Å². The maximum atomic E-state index is 13.1. The van der Waals surface area contributed by atoms with Gasteiger partial charge in [-0.3, -0.25) is 9.71 Å². The van der Waals surface area contributed by atoms with Crippen LogP contribution in [0.3, 0.4) is 0 Å². The molecule has 0 radical (unpaired) electrons. The molecule has 3 heterocycles. The summed E-state index contributed by atoms with van der Waals surface area (Å²) in [5, 5.41) is 4.06. The molecule has 0 bridgehead atoms. The highest BCUT2D eigenvalue weighted by Crippen LogP contribution is 2.33. The molecule has 2 aromatic rings. The van der Waals surface area contributed by atoms with Gasteiger partial charge in [0.05, 0.1) is 37.4 Å². The van der Waals surface area contributed by atoms with E-state index in [0.29, 0.717) is 13.2 Å². The van der Waals surface area contributed by atoms with Crippen molar-refractivity contribution in [2.24, 2.45) is 5.41 Å². The lowest BCUT2D eigenvalue weighted by molar-refractivity contribution is 0.0971. The van der Waals surface area contributed by atoms with Crippen LogP contribution in [0.25, 0.3) is 0 Å². The molecule has 2 aromatic heterocycles. The number of pyridine rings is 1. The Kier molecular flexibility index (Phi) is 3.32. The minimum atomic E-state index is -3.93. The van der Waals surface area contributed by atoms with Crippen LogP contribution in [0.2, 0.25) is 0 Å². The predicted octanol–water partition coefficient (Wildman–Crippen LogP) is 1.64. The molecule has 3 rings (SSSR count). The SMILES string of the molecule is CC1(C)COc2c(S(=O)(=O)Nc3cncc(F)c3)cnn2C1. The first-order chi connectivity index (χ1) is 10.3. The van der Waals surface area contributed by atoms with Crippen molar-refractivity contribution in [2.45, 2.75) is 25.3 Å². The average Bonchev–Trinajstić information content (AvgIpc) is 2.80. The van der Waals surface area contributed by atoms with Crippen LogP contribution in [-0.4, -0.2) is 29.8 Å². The maximum absolute atomic E-state index is 13.1. The molecule has 1 N–H and O–H groups in total. The minimum absolute atomic E-state index is 0.0380. The number of aromatic nitrogens is 3. The number of hydrogen-bond donors (Lipinski definition) is 1. The van der Waals surface area contributed by atoms with Crippen LogP contribution in [0.1, 0.15) is 13.8 Å². The lowest BCUT2D eigenvalue weighted by Crippen LogP contribution is -2.33. The van der Waals surface area contributed by atoms with Crippen molar-refractivity contribution in [2.75, 3.05) is 11.3 Å². The van der Waals surface area contributed by atoms with E-state index in [1.54, 1.807) is 0 Å². The van der Waals surface area contributed by atoms with Gasteiger partial charge in [-0.15, -0.1) is 0 Å². The number of nitrogens with one attached hydrogen (secondary N) is 1. The van der Waals surface area contributed by atoms with Gasteiger partial charge in [0, 0.05) is 11.5 Å². The second kappa shape index (κ2) is 4.94. The molecule has 0 aliphatic carbocycles. The zero-order chi connectivity index (χ0) is 16.0. The summed E-state index contributed by atoms with van der Waals surface area (Å²) in [6, 6.07) is 1.05. The lowest BCUT2D eigenvalue weighted by atomic mass is 9.94. The molecular formula is C13H15FN4O3S. The molecule has 0 unspecified atom stereocenters. The van der Waals surface area contributed by atoms with Crippen LogP contribution in [0, 0.1) is 11.2 Å². The fourth-order valence-corrected chi connectivity index (χ4v) is 3.30. The molecule has 0 saturated heterocycles. The second-order valence-electron chi connectivity index (χ2n) is 5.92. The monoisotopic (exact) mass is 326 g/mol. The van der Waals surface area contributed by atoms with Crippen molar-refractivity contribution in [1.82, 2.24) is 14.8 Å². The highest BCUT2D eigenvalue weighted by Gasteiger charge is 2.33. The molecule has 0 fully saturated rings. The standard InChI is InChI=1S/C13H15FN4O3S/c1-13(2)7-18-12(21-8-13)11(6-16-18)22(19,20)17-10-3-9(14)4-15-5-10/h3-6,17H,7-8H2,1-2H3. The zero-order valence-electron chi connectivity index (χ0n) is 12.1. The van der Waals surface area contributed by atoms with Gasteiger partial charge in [0.1, 0.15) is 5.82 Å². The number of nitrogens with zero attached hydrogens (tertiary/aromatic N) is 3. The normalized spacial score (nSPS) is 16.7. The number of rotatable bonds is 3. The van der Waals surface area contributed by atoms with E-state index in [1.165, 1.54) is 17.1 Å². The summed E-state index contributed by atoms with van der Waals surface area (Å²) in [6.45, 7) is 4.95. The highest BCUT2D eigenvalue weighted by molar-refractivity contribution is 7.92. The summed E-state index contributed by atoms with van der Waals surface area (Å²) in [7, 11) is -3.93. The van der Waals surface area contributed by atoms with E-state index in [2.05, 4.69) is 14.8 Å². The van der Waals surface area contributed by atoms with E-state index in [4.69, 9.17) is 4.74 Å². The molecule has 1 aliphatic rings. The predicted molar refractivity (Wildman–Crippen MR) is 76.5 cm³/mol. The third-order valence-electron chi connectivity index (χ3n) is 3.18. The summed E-state index contributed by atoms with van der Waals surface area (Å²) in [5.74, 6) is -0.438. The van der Waals surface area contributed by atoms with Gasteiger partial charge in [-0.2, -0.15) is 5.10 Å². The number of ether oxygens (including phenoxy) is 1. The summed E-state index contributed by atoms with van der Waals surface area (Å²) >= 11 is 0. The molecule has 9 heteroatoms. The van der Waals surface area contributed by atoms with Gasteiger partial charge in [-0.25, -0.2) is 17.5 Å². The third kappa shape index (κ3) is 2.76. The van der Waals surface area contributed by atoms with Gasteiger partial charge in [0.25, 0.3) is 10.0 Å². The zero-order valence-corrected chi connectivity index (χ0v) is 12.9. The molecule has 7 nitrogen and oxygen atoms in total. The molecule has 0 saturated carbocycles. The van der Waals surface area contributed by atoms with Crippen LogP contribution < -0.4 is 9.46 Å². The molecule has 118 valence electrons. The Morgan fingerprint density at radius 1 is 1.36 bits per heavy atom. The van der Waals surface area contributed by atoms with E-state index in [1.807, 2.05) is 13.8 Å². The number of anilines is 1. The molecule has 22 heavy (non-hydrogen) atoms. The van der Waals surface area contributed by atoms with E-state index >= 15 is 0 Å². The summed E-state index contributed by atoms with van der Waals surface area (Å²) in [5.41, 5.74) is -0.0870. The van der Waals surface area contributed by atoms with Crippen molar-refractivity contribution in [3.63, 3.8) is 0 Å². The summed E-state index contributed by atoms with van der Waals surface area (Å²) < 4.78 is 47.3. The van der Waals surface area contributed by atoms with Crippen LogP contribution in [-0.2, 0) is 16.6 Å². The second-order valence-corrected chi connectivity index (χ2v) is 7.57. The summed E-state index contributed by atoms with van der Waals surface area (Å²) in [6.07, 6.45) is 3.44. The number of sulfonamides is 1. The molecule has 1 aliphatic heterocycles. The minimum Gasteiger partial charge on any atom is -0.476 e. The first kappa shape index (κ1) is 14.8. The van der Waals surface area contributed by atoms with Gasteiger partial charge in [-0.05, 0) is 0 Å².